The van der Waals surface area contributed by atoms with E-state index in [0.717, 1.165) is 0 Å². The normalized spacial score (nSPS) is 27.3. The fourth-order valence-corrected chi connectivity index (χ4v) is 1.36. The standard InChI is InChI=1S/C9H13F4N/c1-6-2-3-7(5-14-6)4-9(12,13)8(10)11/h4,6,8,14H,2-3,5H2,1H3/b7-4+. The van der Waals surface area contributed by atoms with E-state index in [-0.39, 0.29) is 12.6 Å². The van der Waals surface area contributed by atoms with Gasteiger partial charge in [-0.05, 0) is 25.8 Å². The molecule has 1 N–H and O–H groups in total. The molecule has 1 unspecified atom stereocenters. The summed E-state index contributed by atoms with van der Waals surface area (Å²) in [5.74, 6) is -3.99. The van der Waals surface area contributed by atoms with Gasteiger partial charge in [0.25, 0.3) is 0 Å². The molecule has 1 aliphatic rings. The number of nitrogens with one attached hydrogen (secondary N) is 1. The van der Waals surface area contributed by atoms with E-state index in [0.29, 0.717) is 24.5 Å². The molecule has 0 spiro atoms. The summed E-state index contributed by atoms with van der Waals surface area (Å²) in [5.41, 5.74) is 0.369. The van der Waals surface area contributed by atoms with Crippen molar-refractivity contribution in [1.29, 1.82) is 0 Å². The smallest absolute Gasteiger partial charge is 0.311 e. The number of allylic oxidation sites excluding steroid dienone is 1. The molecule has 0 amide bonds. The van der Waals surface area contributed by atoms with E-state index in [1.807, 2.05) is 6.92 Å². The van der Waals surface area contributed by atoms with Gasteiger partial charge in [-0.3, -0.25) is 0 Å². The molecule has 1 heterocycles. The third kappa shape index (κ3) is 2.97. The van der Waals surface area contributed by atoms with Gasteiger partial charge >= 0.3 is 12.3 Å². The largest absolute Gasteiger partial charge is 0.326 e. The molecule has 1 atom stereocenters. The van der Waals surface area contributed by atoms with Crippen molar-refractivity contribution in [3.63, 3.8) is 0 Å². The Balaban J connectivity index is 2.60. The molecule has 82 valence electrons. The van der Waals surface area contributed by atoms with Gasteiger partial charge < -0.3 is 5.32 Å². The zero-order valence-corrected chi connectivity index (χ0v) is 7.87. The Kier molecular flexibility index (Phi) is 3.53. The second-order valence-electron chi connectivity index (χ2n) is 3.60. The van der Waals surface area contributed by atoms with Crippen LogP contribution in [0.25, 0.3) is 0 Å². The second kappa shape index (κ2) is 4.29. The Morgan fingerprint density at radius 1 is 1.50 bits per heavy atom. The summed E-state index contributed by atoms with van der Waals surface area (Å²) in [6.07, 6.45) is -2.03. The van der Waals surface area contributed by atoms with Crippen LogP contribution < -0.4 is 5.32 Å². The Labute approximate surface area is 80.2 Å². The monoisotopic (exact) mass is 211 g/mol. The predicted molar refractivity (Wildman–Crippen MR) is 45.7 cm³/mol. The molecular weight excluding hydrogens is 198 g/mol. The third-order valence-corrected chi connectivity index (χ3v) is 2.26. The summed E-state index contributed by atoms with van der Waals surface area (Å²) in [4.78, 5) is 0. The van der Waals surface area contributed by atoms with Gasteiger partial charge in [0, 0.05) is 12.6 Å². The molecule has 0 aromatic heterocycles. The van der Waals surface area contributed by atoms with Crippen LogP contribution in [0.15, 0.2) is 11.6 Å². The van der Waals surface area contributed by atoms with E-state index >= 15 is 0 Å². The van der Waals surface area contributed by atoms with Crippen LogP contribution in [-0.2, 0) is 0 Å². The minimum absolute atomic E-state index is 0.271. The van der Waals surface area contributed by atoms with Crippen LogP contribution in [-0.4, -0.2) is 24.9 Å². The van der Waals surface area contributed by atoms with Crippen molar-refractivity contribution in [2.24, 2.45) is 0 Å². The van der Waals surface area contributed by atoms with Crippen molar-refractivity contribution in [3.8, 4) is 0 Å². The highest BCUT2D eigenvalue weighted by atomic mass is 19.3. The predicted octanol–water partition coefficient (Wildman–Crippen LogP) is 2.59. The van der Waals surface area contributed by atoms with Crippen LogP contribution in [0.4, 0.5) is 17.6 Å². The highest BCUT2D eigenvalue weighted by Gasteiger charge is 2.38. The number of alkyl halides is 4. The maximum atomic E-state index is 12.6. The van der Waals surface area contributed by atoms with Crippen molar-refractivity contribution in [2.75, 3.05) is 6.54 Å². The van der Waals surface area contributed by atoms with Crippen molar-refractivity contribution in [3.05, 3.63) is 11.6 Å². The molecule has 14 heavy (non-hydrogen) atoms. The van der Waals surface area contributed by atoms with Gasteiger partial charge in [0.2, 0.25) is 0 Å². The molecule has 0 bridgehead atoms. The molecule has 0 saturated carbocycles. The van der Waals surface area contributed by atoms with Crippen LogP contribution in [0.3, 0.4) is 0 Å². The van der Waals surface area contributed by atoms with Crippen molar-refractivity contribution in [2.45, 2.75) is 38.2 Å². The van der Waals surface area contributed by atoms with E-state index in [1.54, 1.807) is 0 Å². The molecule has 0 aromatic carbocycles. The van der Waals surface area contributed by atoms with Crippen LogP contribution in [0.5, 0.6) is 0 Å². The summed E-state index contributed by atoms with van der Waals surface area (Å²) in [7, 11) is 0. The van der Waals surface area contributed by atoms with Crippen LogP contribution in [0.2, 0.25) is 0 Å². The van der Waals surface area contributed by atoms with Crippen LogP contribution in [0.1, 0.15) is 19.8 Å². The zero-order chi connectivity index (χ0) is 10.8. The Hall–Kier alpha value is -0.580. The number of halogens is 4. The van der Waals surface area contributed by atoms with Gasteiger partial charge in [-0.15, -0.1) is 0 Å². The topological polar surface area (TPSA) is 12.0 Å². The SMILES string of the molecule is CC1CC/C(=C\C(F)(F)C(F)F)CN1. The van der Waals surface area contributed by atoms with Gasteiger partial charge in [-0.1, -0.05) is 5.57 Å². The second-order valence-corrected chi connectivity index (χ2v) is 3.60. The van der Waals surface area contributed by atoms with Crippen molar-refractivity contribution < 1.29 is 17.6 Å². The maximum absolute atomic E-state index is 12.6. The lowest BCUT2D eigenvalue weighted by molar-refractivity contribution is -0.0913. The van der Waals surface area contributed by atoms with Gasteiger partial charge in [0.1, 0.15) is 0 Å². The average molecular weight is 211 g/mol. The molecule has 1 rings (SSSR count). The molecule has 0 radical (unpaired) electrons. The molecule has 0 aliphatic carbocycles. The molecule has 5 heteroatoms. The maximum Gasteiger partial charge on any atom is 0.326 e. The van der Waals surface area contributed by atoms with E-state index in [9.17, 15) is 17.6 Å². The molecule has 1 fully saturated rings. The minimum atomic E-state index is -3.99. The van der Waals surface area contributed by atoms with E-state index in [4.69, 9.17) is 0 Å². The first-order valence-corrected chi connectivity index (χ1v) is 4.52. The molecule has 0 aromatic rings. The van der Waals surface area contributed by atoms with Crippen LogP contribution in [0, 0.1) is 0 Å². The lowest BCUT2D eigenvalue weighted by Crippen LogP contribution is -2.34. The van der Waals surface area contributed by atoms with Gasteiger partial charge in [-0.25, -0.2) is 8.78 Å². The summed E-state index contributed by atoms with van der Waals surface area (Å²) < 4.78 is 48.8. The minimum Gasteiger partial charge on any atom is -0.311 e. The fraction of sp³-hybridized carbons (Fsp3) is 0.778. The van der Waals surface area contributed by atoms with Gasteiger partial charge in [0.15, 0.2) is 0 Å². The molecular formula is C9H13F4N. The van der Waals surface area contributed by atoms with Crippen molar-refractivity contribution in [1.82, 2.24) is 5.32 Å². The summed E-state index contributed by atoms with van der Waals surface area (Å²) in [6, 6.07) is 0.271. The molecule has 1 saturated heterocycles. The Bertz CT molecular complexity index is 215. The van der Waals surface area contributed by atoms with E-state index in [2.05, 4.69) is 5.32 Å². The first-order valence-electron chi connectivity index (χ1n) is 4.52. The van der Waals surface area contributed by atoms with Gasteiger partial charge in [-0.2, -0.15) is 8.78 Å². The van der Waals surface area contributed by atoms with Crippen LogP contribution >= 0.6 is 0 Å². The summed E-state index contributed by atoms with van der Waals surface area (Å²) in [6.45, 7) is 2.21. The lowest BCUT2D eigenvalue weighted by Gasteiger charge is -2.23. The Morgan fingerprint density at radius 2 is 2.14 bits per heavy atom. The van der Waals surface area contributed by atoms with Gasteiger partial charge in [0.05, 0.1) is 0 Å². The summed E-state index contributed by atoms with van der Waals surface area (Å²) >= 11 is 0. The highest BCUT2D eigenvalue weighted by molar-refractivity contribution is 5.13. The number of rotatable bonds is 2. The number of hydrogen-bond donors (Lipinski definition) is 1. The zero-order valence-electron chi connectivity index (χ0n) is 7.87. The van der Waals surface area contributed by atoms with Crippen molar-refractivity contribution >= 4 is 0 Å². The molecule has 1 nitrogen and oxygen atoms in total. The highest BCUT2D eigenvalue weighted by Crippen LogP contribution is 2.27. The average Bonchev–Trinajstić information content (AvgIpc) is 2.08. The summed E-state index contributed by atoms with van der Waals surface area (Å²) in [5, 5.41) is 2.95. The van der Waals surface area contributed by atoms with E-state index in [1.165, 1.54) is 0 Å². The first kappa shape index (κ1) is 11.5. The first-order chi connectivity index (χ1) is 6.42. The molecule has 1 aliphatic heterocycles. The lowest BCUT2D eigenvalue weighted by atomic mass is 10.00. The number of piperidine rings is 1. The fourth-order valence-electron chi connectivity index (χ4n) is 1.36. The van der Waals surface area contributed by atoms with E-state index < -0.39 is 12.3 Å². The Morgan fingerprint density at radius 3 is 2.57 bits per heavy atom. The quantitative estimate of drug-likeness (QED) is 0.546. The third-order valence-electron chi connectivity index (χ3n) is 2.26. The number of hydrogen-bond acceptors (Lipinski definition) is 1.